The van der Waals surface area contributed by atoms with E-state index in [-0.39, 0.29) is 18.2 Å². The van der Waals surface area contributed by atoms with Crippen LogP contribution in [0.15, 0.2) is 0 Å². The number of carbonyl (C=O) groups is 1. The van der Waals surface area contributed by atoms with E-state index in [0.717, 1.165) is 0 Å². The molecule has 2 aliphatic heterocycles. The number of hydrogen-bond donors (Lipinski definition) is 1. The highest BCUT2D eigenvalue weighted by atomic mass is 16.6. The number of hydrogen-bond acceptors (Lipinski definition) is 4. The maximum absolute atomic E-state index is 12.3. The van der Waals surface area contributed by atoms with Gasteiger partial charge in [-0.3, -0.25) is 4.90 Å². The molecule has 2 rings (SSSR count). The minimum Gasteiger partial charge on any atom is -0.444 e. The van der Waals surface area contributed by atoms with Crippen molar-refractivity contribution in [3.8, 4) is 0 Å². The zero-order valence-electron chi connectivity index (χ0n) is 12.3. The Kier molecular flexibility index (Phi) is 3.80. The minimum atomic E-state index is -0.669. The van der Waals surface area contributed by atoms with Gasteiger partial charge in [0.25, 0.3) is 0 Å². The third kappa shape index (κ3) is 3.20. The molecule has 2 heterocycles. The van der Waals surface area contributed by atoms with Crippen LogP contribution in [-0.4, -0.2) is 52.6 Å². The molecule has 2 bridgehead atoms. The highest BCUT2D eigenvalue weighted by molar-refractivity contribution is 5.69. The van der Waals surface area contributed by atoms with Gasteiger partial charge in [-0.15, -0.1) is 0 Å². The summed E-state index contributed by atoms with van der Waals surface area (Å²) >= 11 is 0. The fourth-order valence-corrected chi connectivity index (χ4v) is 2.98. The predicted octanol–water partition coefficient (Wildman–Crippen LogP) is 1.93. The summed E-state index contributed by atoms with van der Waals surface area (Å²) in [7, 11) is 0. The van der Waals surface area contributed by atoms with Crippen molar-refractivity contribution in [2.24, 2.45) is 0 Å². The van der Waals surface area contributed by atoms with Crippen LogP contribution in [0.4, 0.5) is 4.79 Å². The van der Waals surface area contributed by atoms with Crippen LogP contribution in [0.5, 0.6) is 0 Å². The molecule has 19 heavy (non-hydrogen) atoms. The summed E-state index contributed by atoms with van der Waals surface area (Å²) in [5, 5.41) is 10.5. The SMILES string of the molecule is CCC1(O)CC2COCC(C1)N2C(=O)OC(C)(C)C. The van der Waals surface area contributed by atoms with E-state index in [0.29, 0.717) is 32.5 Å². The summed E-state index contributed by atoms with van der Waals surface area (Å²) in [6.45, 7) is 8.55. The molecule has 0 aromatic heterocycles. The lowest BCUT2D eigenvalue weighted by atomic mass is 9.80. The number of nitrogens with zero attached hydrogens (tertiary/aromatic N) is 1. The van der Waals surface area contributed by atoms with Gasteiger partial charge in [-0.2, -0.15) is 0 Å². The van der Waals surface area contributed by atoms with Gasteiger partial charge in [0.2, 0.25) is 0 Å². The number of morpholine rings is 1. The number of piperidine rings is 1. The minimum absolute atomic E-state index is 0.0766. The second kappa shape index (κ2) is 4.94. The Labute approximate surface area is 114 Å². The fourth-order valence-electron chi connectivity index (χ4n) is 2.98. The first kappa shape index (κ1) is 14.6. The summed E-state index contributed by atoms with van der Waals surface area (Å²) in [5.74, 6) is 0. The quantitative estimate of drug-likeness (QED) is 0.791. The van der Waals surface area contributed by atoms with Gasteiger partial charge in [0.15, 0.2) is 0 Å². The highest BCUT2D eigenvalue weighted by Crippen LogP contribution is 2.37. The number of amides is 1. The maximum Gasteiger partial charge on any atom is 0.410 e. The third-order valence-electron chi connectivity index (χ3n) is 3.90. The Bertz CT molecular complexity index is 336. The lowest BCUT2D eigenvalue weighted by Crippen LogP contribution is -2.63. The molecular weight excluding hydrogens is 246 g/mol. The predicted molar refractivity (Wildman–Crippen MR) is 70.9 cm³/mol. The van der Waals surface area contributed by atoms with Crippen LogP contribution >= 0.6 is 0 Å². The molecule has 0 aliphatic carbocycles. The standard InChI is InChI=1S/C14H25NO4/c1-5-14(17)6-10-8-18-9-11(7-14)15(10)12(16)19-13(2,3)4/h10-11,17H,5-9H2,1-4H3. The van der Waals surface area contributed by atoms with Crippen LogP contribution in [0.2, 0.25) is 0 Å². The molecule has 0 aromatic carbocycles. The molecule has 2 saturated heterocycles. The molecule has 0 saturated carbocycles. The van der Waals surface area contributed by atoms with Crippen LogP contribution in [0.3, 0.4) is 0 Å². The number of fused-ring (bicyclic) bond motifs is 2. The largest absolute Gasteiger partial charge is 0.444 e. The van der Waals surface area contributed by atoms with Gasteiger partial charge in [-0.25, -0.2) is 4.79 Å². The zero-order chi connectivity index (χ0) is 14.3. The lowest BCUT2D eigenvalue weighted by Gasteiger charge is -2.51. The fraction of sp³-hybridized carbons (Fsp3) is 0.929. The van der Waals surface area contributed by atoms with Crippen molar-refractivity contribution in [1.29, 1.82) is 0 Å². The van der Waals surface area contributed by atoms with Gasteiger partial charge in [0.05, 0.1) is 30.9 Å². The first-order valence-corrected chi connectivity index (χ1v) is 7.05. The molecule has 1 N–H and O–H groups in total. The van der Waals surface area contributed by atoms with Gasteiger partial charge in [0, 0.05) is 0 Å². The van der Waals surface area contributed by atoms with Crippen LogP contribution in [-0.2, 0) is 9.47 Å². The average Bonchev–Trinajstić information content (AvgIpc) is 2.25. The van der Waals surface area contributed by atoms with Crippen molar-refractivity contribution in [3.63, 3.8) is 0 Å². The summed E-state index contributed by atoms with van der Waals surface area (Å²) < 4.78 is 11.0. The van der Waals surface area contributed by atoms with E-state index in [1.165, 1.54) is 0 Å². The summed E-state index contributed by atoms with van der Waals surface area (Å²) in [6.07, 6.45) is 1.56. The van der Waals surface area contributed by atoms with Gasteiger partial charge >= 0.3 is 6.09 Å². The van der Waals surface area contributed by atoms with E-state index in [1.54, 1.807) is 4.90 Å². The second-order valence-electron chi connectivity index (χ2n) is 6.72. The molecule has 1 amide bonds. The van der Waals surface area contributed by atoms with Crippen LogP contribution in [0.1, 0.15) is 47.0 Å². The maximum atomic E-state index is 12.3. The molecule has 2 atom stereocenters. The molecule has 0 spiro atoms. The first-order chi connectivity index (χ1) is 8.74. The molecule has 2 fully saturated rings. The van der Waals surface area contributed by atoms with Crippen molar-refractivity contribution in [2.75, 3.05) is 13.2 Å². The molecule has 0 radical (unpaired) electrons. The van der Waals surface area contributed by atoms with Crippen molar-refractivity contribution in [3.05, 3.63) is 0 Å². The number of ether oxygens (including phenoxy) is 2. The van der Waals surface area contributed by atoms with E-state index in [1.807, 2.05) is 27.7 Å². The van der Waals surface area contributed by atoms with Gasteiger partial charge in [-0.1, -0.05) is 6.92 Å². The van der Waals surface area contributed by atoms with Gasteiger partial charge in [0.1, 0.15) is 5.60 Å². The lowest BCUT2D eigenvalue weighted by molar-refractivity contribution is -0.138. The highest BCUT2D eigenvalue weighted by Gasteiger charge is 2.48. The summed E-state index contributed by atoms with van der Waals surface area (Å²) in [6, 6.07) is -0.153. The Morgan fingerprint density at radius 3 is 2.32 bits per heavy atom. The number of rotatable bonds is 1. The molecule has 2 aliphatic rings. The Balaban J connectivity index is 2.12. The van der Waals surface area contributed by atoms with Crippen LogP contribution in [0, 0.1) is 0 Å². The van der Waals surface area contributed by atoms with E-state index in [9.17, 15) is 9.90 Å². The van der Waals surface area contributed by atoms with Crippen LogP contribution in [0.25, 0.3) is 0 Å². The molecule has 0 aromatic rings. The topological polar surface area (TPSA) is 59.0 Å². The van der Waals surface area contributed by atoms with Crippen molar-refractivity contribution < 1.29 is 19.4 Å². The summed E-state index contributed by atoms with van der Waals surface area (Å²) in [5.41, 5.74) is -1.16. The van der Waals surface area contributed by atoms with E-state index in [2.05, 4.69) is 0 Å². The summed E-state index contributed by atoms with van der Waals surface area (Å²) in [4.78, 5) is 14.1. The zero-order valence-corrected chi connectivity index (χ0v) is 12.3. The average molecular weight is 271 g/mol. The smallest absolute Gasteiger partial charge is 0.410 e. The van der Waals surface area contributed by atoms with Crippen molar-refractivity contribution >= 4 is 6.09 Å². The van der Waals surface area contributed by atoms with E-state index >= 15 is 0 Å². The molecule has 110 valence electrons. The molecular formula is C14H25NO4. The van der Waals surface area contributed by atoms with E-state index in [4.69, 9.17) is 9.47 Å². The van der Waals surface area contributed by atoms with Crippen molar-refractivity contribution in [1.82, 2.24) is 4.90 Å². The molecule has 5 nitrogen and oxygen atoms in total. The van der Waals surface area contributed by atoms with Gasteiger partial charge in [-0.05, 0) is 40.0 Å². The number of carbonyl (C=O) groups excluding carboxylic acids is 1. The number of aliphatic hydroxyl groups is 1. The third-order valence-corrected chi connectivity index (χ3v) is 3.90. The monoisotopic (exact) mass is 271 g/mol. The normalized spacial score (nSPS) is 35.1. The second-order valence-corrected chi connectivity index (χ2v) is 6.72. The first-order valence-electron chi connectivity index (χ1n) is 7.05. The van der Waals surface area contributed by atoms with Gasteiger partial charge < -0.3 is 14.6 Å². The van der Waals surface area contributed by atoms with Crippen molar-refractivity contribution in [2.45, 2.75) is 70.2 Å². The molecule has 5 heteroatoms. The van der Waals surface area contributed by atoms with Crippen LogP contribution < -0.4 is 0 Å². The Morgan fingerprint density at radius 2 is 1.89 bits per heavy atom. The van der Waals surface area contributed by atoms with E-state index < -0.39 is 11.2 Å². The Morgan fingerprint density at radius 1 is 1.37 bits per heavy atom. The molecule has 2 unspecified atom stereocenters. The Hall–Kier alpha value is -0.810.